The largest absolute Gasteiger partial charge is 0.490 e. The van der Waals surface area contributed by atoms with Gasteiger partial charge in [0, 0.05) is 16.1 Å². The van der Waals surface area contributed by atoms with Crippen LogP contribution in [0.5, 0.6) is 5.75 Å². The molecule has 0 unspecified atom stereocenters. The Hall–Kier alpha value is -2.78. The number of ether oxygens (including phenoxy) is 1. The van der Waals surface area contributed by atoms with Crippen LogP contribution in [0.1, 0.15) is 16.7 Å². The molecule has 142 valence electrons. The van der Waals surface area contributed by atoms with E-state index < -0.39 is 4.92 Å². The number of methoxy groups -OCH3 is 1. The van der Waals surface area contributed by atoms with E-state index >= 15 is 0 Å². The van der Waals surface area contributed by atoms with Crippen molar-refractivity contribution < 1.29 is 9.66 Å². The van der Waals surface area contributed by atoms with Crippen molar-refractivity contribution in [2.75, 3.05) is 7.11 Å². The number of benzene rings is 2. The predicted molar refractivity (Wildman–Crippen MR) is 112 cm³/mol. The lowest BCUT2D eigenvalue weighted by Crippen LogP contribution is -2.22. The number of nitrogens with zero attached hydrogens (tertiary/aromatic N) is 3. The van der Waals surface area contributed by atoms with Crippen molar-refractivity contribution in [1.82, 2.24) is 9.38 Å². The van der Waals surface area contributed by atoms with E-state index in [1.807, 2.05) is 26.0 Å². The minimum absolute atomic E-state index is 0.107. The van der Waals surface area contributed by atoms with Gasteiger partial charge in [-0.05, 0) is 43.2 Å². The van der Waals surface area contributed by atoms with Crippen molar-refractivity contribution in [3.63, 3.8) is 0 Å². The summed E-state index contributed by atoms with van der Waals surface area (Å²) in [6, 6.07) is 7.02. The van der Waals surface area contributed by atoms with Crippen molar-refractivity contribution >= 4 is 55.0 Å². The minimum atomic E-state index is -0.515. The maximum absolute atomic E-state index is 13.0. The first-order valence-corrected chi connectivity index (χ1v) is 9.87. The second kappa shape index (κ2) is 6.68. The predicted octanol–water partition coefficient (Wildman–Crippen LogP) is 3.75. The molecule has 0 atom stereocenters. The Balaban J connectivity index is 2.03. The van der Waals surface area contributed by atoms with E-state index in [1.54, 1.807) is 16.5 Å². The van der Waals surface area contributed by atoms with Gasteiger partial charge in [0.05, 0.1) is 27.6 Å². The zero-order chi connectivity index (χ0) is 20.2. The molecule has 0 radical (unpaired) electrons. The van der Waals surface area contributed by atoms with E-state index in [0.717, 1.165) is 22.2 Å². The summed E-state index contributed by atoms with van der Waals surface area (Å²) in [7, 11) is 1.37. The third kappa shape index (κ3) is 2.87. The van der Waals surface area contributed by atoms with Crippen molar-refractivity contribution in [2.45, 2.75) is 13.8 Å². The molecule has 0 saturated carbocycles. The summed E-state index contributed by atoms with van der Waals surface area (Å²) in [5.74, 6) is 0.107. The molecule has 0 spiro atoms. The number of hydrogen-bond donors (Lipinski definition) is 0. The second-order valence-corrected chi connectivity index (χ2v) is 8.32. The lowest BCUT2D eigenvalue weighted by molar-refractivity contribution is -0.385. The molecular weight excluding hydrogens is 446 g/mol. The number of imidazole rings is 1. The number of nitro benzene ring substituents is 1. The number of hydrogen-bond acceptors (Lipinski definition) is 6. The maximum Gasteiger partial charge on any atom is 0.312 e. The van der Waals surface area contributed by atoms with Gasteiger partial charge in [0.2, 0.25) is 5.75 Å². The van der Waals surface area contributed by atoms with E-state index in [2.05, 4.69) is 20.9 Å². The summed E-state index contributed by atoms with van der Waals surface area (Å²) in [6.45, 7) is 3.94. The molecule has 0 aliphatic carbocycles. The van der Waals surface area contributed by atoms with Crippen LogP contribution in [0.3, 0.4) is 0 Å². The van der Waals surface area contributed by atoms with Gasteiger partial charge >= 0.3 is 5.69 Å². The van der Waals surface area contributed by atoms with Gasteiger partial charge in [-0.1, -0.05) is 33.3 Å². The highest BCUT2D eigenvalue weighted by Gasteiger charge is 2.20. The Morgan fingerprint density at radius 1 is 1.29 bits per heavy atom. The molecule has 2 heterocycles. The van der Waals surface area contributed by atoms with Crippen molar-refractivity contribution in [1.29, 1.82) is 0 Å². The lowest BCUT2D eigenvalue weighted by Gasteiger charge is -2.06. The Kier molecular flexibility index (Phi) is 4.43. The van der Waals surface area contributed by atoms with E-state index in [9.17, 15) is 14.9 Å². The topological polar surface area (TPSA) is 86.7 Å². The molecule has 28 heavy (non-hydrogen) atoms. The van der Waals surface area contributed by atoms with E-state index in [0.29, 0.717) is 19.5 Å². The molecule has 0 aliphatic rings. The highest BCUT2D eigenvalue weighted by Crippen LogP contribution is 2.34. The molecule has 7 nitrogen and oxygen atoms in total. The average molecular weight is 460 g/mol. The van der Waals surface area contributed by atoms with Crippen LogP contribution in [-0.2, 0) is 0 Å². The fourth-order valence-electron chi connectivity index (χ4n) is 3.32. The number of nitro groups is 1. The Morgan fingerprint density at radius 3 is 2.71 bits per heavy atom. The third-order valence-electron chi connectivity index (χ3n) is 4.43. The van der Waals surface area contributed by atoms with Crippen LogP contribution in [0, 0.1) is 24.0 Å². The van der Waals surface area contributed by atoms with Gasteiger partial charge < -0.3 is 4.74 Å². The smallest absolute Gasteiger partial charge is 0.312 e. The van der Waals surface area contributed by atoms with Gasteiger partial charge in [-0.2, -0.15) is 0 Å². The number of aryl methyl sites for hydroxylation is 2. The van der Waals surface area contributed by atoms with Crippen LogP contribution in [0.2, 0.25) is 0 Å². The normalized spacial score (nSPS) is 12.2. The number of aromatic nitrogens is 2. The van der Waals surface area contributed by atoms with Crippen LogP contribution < -0.4 is 14.8 Å². The zero-order valence-corrected chi connectivity index (χ0v) is 17.6. The van der Waals surface area contributed by atoms with Gasteiger partial charge in [-0.3, -0.25) is 14.9 Å². The van der Waals surface area contributed by atoms with Crippen LogP contribution in [0.15, 0.2) is 33.5 Å². The van der Waals surface area contributed by atoms with Crippen LogP contribution >= 0.6 is 27.3 Å². The first kappa shape index (κ1) is 18.6. The molecule has 0 fully saturated rings. The fraction of sp³-hybridized carbons (Fsp3) is 0.158. The number of thiazole rings is 1. The van der Waals surface area contributed by atoms with Gasteiger partial charge in [0.1, 0.15) is 0 Å². The minimum Gasteiger partial charge on any atom is -0.490 e. The molecule has 2 aromatic heterocycles. The maximum atomic E-state index is 13.0. The molecule has 4 rings (SSSR count). The fourth-order valence-corrected chi connectivity index (χ4v) is 4.75. The molecule has 0 amide bonds. The first-order valence-electron chi connectivity index (χ1n) is 8.26. The Labute approximate surface area is 171 Å². The highest BCUT2D eigenvalue weighted by atomic mass is 79.9. The van der Waals surface area contributed by atoms with E-state index in [1.165, 1.54) is 24.5 Å². The number of fused-ring (bicyclic) bond motifs is 3. The van der Waals surface area contributed by atoms with Crippen molar-refractivity contribution in [3.8, 4) is 5.75 Å². The first-order chi connectivity index (χ1) is 13.3. The summed E-state index contributed by atoms with van der Waals surface area (Å²) in [4.78, 5) is 29.1. The summed E-state index contributed by atoms with van der Waals surface area (Å²) in [5, 5.41) is 11.3. The molecular formula is C19H14BrN3O4S. The lowest BCUT2D eigenvalue weighted by atomic mass is 10.1. The SMILES string of the molecule is COc1c(/C=c2\sc3nc4c(C)cc(C)cc4n3c2=O)cc(Br)cc1[N+](=O)[O-]. The van der Waals surface area contributed by atoms with E-state index in [4.69, 9.17) is 4.74 Å². The third-order valence-corrected chi connectivity index (χ3v) is 5.86. The summed E-state index contributed by atoms with van der Waals surface area (Å²) >= 11 is 4.52. The Bertz CT molecular complexity index is 1390. The number of rotatable bonds is 3. The van der Waals surface area contributed by atoms with Crippen LogP contribution in [-0.4, -0.2) is 21.4 Å². The van der Waals surface area contributed by atoms with Crippen LogP contribution in [0.4, 0.5) is 5.69 Å². The van der Waals surface area contributed by atoms with Gasteiger partial charge in [-0.15, -0.1) is 0 Å². The van der Waals surface area contributed by atoms with Gasteiger partial charge in [0.15, 0.2) is 4.96 Å². The van der Waals surface area contributed by atoms with Gasteiger partial charge in [-0.25, -0.2) is 9.38 Å². The standard InChI is InChI=1S/C19H14BrN3O4S/c1-9-4-10(2)16-13(5-9)22-18(24)15(28-19(22)21-16)7-11-6-12(20)8-14(23(25)26)17(11)27-3/h4-8H,1-3H3/b15-7-. The van der Waals surface area contributed by atoms with Crippen molar-refractivity contribution in [3.05, 3.63) is 70.4 Å². The second-order valence-electron chi connectivity index (χ2n) is 6.40. The molecule has 2 aromatic carbocycles. The quantitative estimate of drug-likeness (QED) is 0.343. The zero-order valence-electron chi connectivity index (χ0n) is 15.1. The molecule has 0 bridgehead atoms. The molecule has 4 aromatic rings. The molecule has 9 heteroatoms. The molecule has 0 saturated heterocycles. The van der Waals surface area contributed by atoms with Crippen molar-refractivity contribution in [2.24, 2.45) is 0 Å². The van der Waals surface area contributed by atoms with Gasteiger partial charge in [0.25, 0.3) is 5.56 Å². The summed E-state index contributed by atoms with van der Waals surface area (Å²) in [6.07, 6.45) is 1.60. The highest BCUT2D eigenvalue weighted by molar-refractivity contribution is 9.10. The molecule has 0 aliphatic heterocycles. The monoisotopic (exact) mass is 459 g/mol. The summed E-state index contributed by atoms with van der Waals surface area (Å²) in [5.41, 5.74) is 3.69. The molecule has 0 N–H and O–H groups in total. The number of halogens is 1. The average Bonchev–Trinajstić information content (AvgIpc) is 3.12. The van der Waals surface area contributed by atoms with Crippen LogP contribution in [0.25, 0.3) is 22.1 Å². The Morgan fingerprint density at radius 2 is 2.04 bits per heavy atom. The summed E-state index contributed by atoms with van der Waals surface area (Å²) < 4.78 is 7.79. The van der Waals surface area contributed by atoms with E-state index in [-0.39, 0.29) is 17.0 Å².